The lowest BCUT2D eigenvalue weighted by molar-refractivity contribution is -0.122. The van der Waals surface area contributed by atoms with Gasteiger partial charge in [-0.1, -0.05) is 54.1 Å². The van der Waals surface area contributed by atoms with Crippen LogP contribution < -0.4 is 11.1 Å². The number of rotatable bonds is 6. The first-order valence-electron chi connectivity index (χ1n) is 7.60. The van der Waals surface area contributed by atoms with Crippen molar-refractivity contribution in [1.82, 2.24) is 5.32 Å². The topological polar surface area (TPSA) is 89.3 Å². The zero-order valence-electron chi connectivity index (χ0n) is 13.8. The Balaban J connectivity index is 1.98. The molecule has 2 aromatic rings. The quantitative estimate of drug-likeness (QED) is 0.835. The normalized spacial score (nSPS) is 12.6. The van der Waals surface area contributed by atoms with Crippen molar-refractivity contribution in [1.29, 1.82) is 0 Å². The first-order chi connectivity index (χ1) is 11.2. The molecule has 2 rings (SSSR count). The van der Waals surface area contributed by atoms with Crippen LogP contribution in [0.2, 0.25) is 0 Å². The second kappa shape index (κ2) is 7.59. The molecule has 0 aliphatic carbocycles. The van der Waals surface area contributed by atoms with Gasteiger partial charge in [0.15, 0.2) is 9.84 Å². The lowest BCUT2D eigenvalue weighted by Crippen LogP contribution is -2.33. The van der Waals surface area contributed by atoms with E-state index in [4.69, 9.17) is 5.73 Å². The van der Waals surface area contributed by atoms with Crippen molar-refractivity contribution in [3.8, 4) is 0 Å². The second-order valence-corrected chi connectivity index (χ2v) is 8.14. The minimum absolute atomic E-state index is 0.0162. The summed E-state index contributed by atoms with van der Waals surface area (Å²) in [5.74, 6) is -0.287. The van der Waals surface area contributed by atoms with Crippen molar-refractivity contribution < 1.29 is 13.2 Å². The average Bonchev–Trinajstić information content (AvgIpc) is 2.51. The summed E-state index contributed by atoms with van der Waals surface area (Å²) in [5.41, 5.74) is 9.37. The maximum Gasteiger partial charge on any atom is 0.241 e. The molecule has 5 nitrogen and oxygen atoms in total. The Bertz CT molecular complexity index is 814. The Labute approximate surface area is 142 Å². The Hall–Kier alpha value is -2.18. The van der Waals surface area contributed by atoms with Gasteiger partial charge in [-0.2, -0.15) is 0 Å². The summed E-state index contributed by atoms with van der Waals surface area (Å²) >= 11 is 0. The number of nitrogens with two attached hydrogens (primary N) is 1. The largest absolute Gasteiger partial charge is 0.350 e. The second-order valence-electron chi connectivity index (χ2n) is 6.00. The molecule has 6 heteroatoms. The molecule has 0 fully saturated rings. The standard InChI is InChI=1S/C18H22N2O3S/c1-13-6-8-16(9-7-13)17(19)18(21)20-11-14-4-3-5-15(10-14)12-24(2,22)23/h3-10,17H,11-12,19H2,1-2H3,(H,20,21). The summed E-state index contributed by atoms with van der Waals surface area (Å²) in [6.45, 7) is 2.27. The Morgan fingerprint density at radius 3 is 2.38 bits per heavy atom. The minimum Gasteiger partial charge on any atom is -0.350 e. The highest BCUT2D eigenvalue weighted by Gasteiger charge is 2.15. The predicted octanol–water partition coefficient (Wildman–Crippen LogP) is 1.86. The third kappa shape index (κ3) is 5.47. The molecular formula is C18H22N2O3S. The van der Waals surface area contributed by atoms with Crippen LogP contribution in [0.15, 0.2) is 48.5 Å². The summed E-state index contributed by atoms with van der Waals surface area (Å²) in [6.07, 6.45) is 1.20. The highest BCUT2D eigenvalue weighted by atomic mass is 32.2. The van der Waals surface area contributed by atoms with Gasteiger partial charge in [0.2, 0.25) is 5.91 Å². The molecule has 0 radical (unpaired) electrons. The highest BCUT2D eigenvalue weighted by molar-refractivity contribution is 7.89. The van der Waals surface area contributed by atoms with Gasteiger partial charge < -0.3 is 11.1 Å². The van der Waals surface area contributed by atoms with Crippen molar-refractivity contribution in [2.24, 2.45) is 5.73 Å². The van der Waals surface area contributed by atoms with Crippen LogP contribution in [-0.2, 0) is 26.9 Å². The van der Waals surface area contributed by atoms with Gasteiger partial charge in [-0.3, -0.25) is 4.79 Å². The van der Waals surface area contributed by atoms with Crippen LogP contribution >= 0.6 is 0 Å². The zero-order chi connectivity index (χ0) is 17.7. The SMILES string of the molecule is Cc1ccc(C(N)C(=O)NCc2cccc(CS(C)(=O)=O)c2)cc1. The summed E-state index contributed by atoms with van der Waals surface area (Å²) in [5, 5.41) is 2.79. The van der Waals surface area contributed by atoms with E-state index in [1.54, 1.807) is 18.2 Å². The number of benzene rings is 2. The third-order valence-corrected chi connectivity index (χ3v) is 4.46. The van der Waals surface area contributed by atoms with E-state index in [-0.39, 0.29) is 11.7 Å². The van der Waals surface area contributed by atoms with Gasteiger partial charge in [0.1, 0.15) is 6.04 Å². The predicted molar refractivity (Wildman–Crippen MR) is 94.9 cm³/mol. The smallest absolute Gasteiger partial charge is 0.241 e. The number of nitrogens with one attached hydrogen (secondary N) is 1. The van der Waals surface area contributed by atoms with E-state index in [1.165, 1.54) is 6.26 Å². The van der Waals surface area contributed by atoms with Gasteiger partial charge >= 0.3 is 0 Å². The summed E-state index contributed by atoms with van der Waals surface area (Å²) in [6, 6.07) is 13.9. The van der Waals surface area contributed by atoms with Crippen molar-refractivity contribution in [3.63, 3.8) is 0 Å². The number of hydrogen-bond donors (Lipinski definition) is 2. The Kier molecular flexibility index (Phi) is 5.75. The van der Waals surface area contributed by atoms with Crippen LogP contribution in [0.4, 0.5) is 0 Å². The molecule has 128 valence electrons. The monoisotopic (exact) mass is 346 g/mol. The van der Waals surface area contributed by atoms with E-state index in [2.05, 4.69) is 5.32 Å². The van der Waals surface area contributed by atoms with Crippen LogP contribution in [0.25, 0.3) is 0 Å². The molecule has 3 N–H and O–H groups in total. The Morgan fingerprint density at radius 1 is 1.12 bits per heavy atom. The lowest BCUT2D eigenvalue weighted by atomic mass is 10.1. The fourth-order valence-electron chi connectivity index (χ4n) is 2.36. The number of amides is 1. The molecular weight excluding hydrogens is 324 g/mol. The summed E-state index contributed by atoms with van der Waals surface area (Å²) in [7, 11) is -3.09. The van der Waals surface area contributed by atoms with E-state index in [0.717, 1.165) is 16.7 Å². The van der Waals surface area contributed by atoms with E-state index in [9.17, 15) is 13.2 Å². The van der Waals surface area contributed by atoms with Gasteiger partial charge in [-0.05, 0) is 23.6 Å². The molecule has 0 aliphatic heterocycles. The fourth-order valence-corrected chi connectivity index (χ4v) is 3.14. The highest BCUT2D eigenvalue weighted by Crippen LogP contribution is 2.13. The van der Waals surface area contributed by atoms with Crippen LogP contribution in [0.3, 0.4) is 0 Å². The molecule has 0 spiro atoms. The summed E-state index contributed by atoms with van der Waals surface area (Å²) < 4.78 is 22.7. The van der Waals surface area contributed by atoms with Gasteiger partial charge in [0.05, 0.1) is 5.75 Å². The average molecular weight is 346 g/mol. The summed E-state index contributed by atoms with van der Waals surface area (Å²) in [4.78, 5) is 12.2. The van der Waals surface area contributed by atoms with Crippen molar-refractivity contribution in [2.45, 2.75) is 25.3 Å². The fraction of sp³-hybridized carbons (Fsp3) is 0.278. The molecule has 1 unspecified atom stereocenters. The van der Waals surface area contributed by atoms with Crippen LogP contribution in [0, 0.1) is 6.92 Å². The minimum atomic E-state index is -3.09. The molecule has 1 amide bonds. The van der Waals surface area contributed by atoms with Crippen molar-refractivity contribution in [3.05, 3.63) is 70.8 Å². The van der Waals surface area contributed by atoms with Crippen molar-refractivity contribution in [2.75, 3.05) is 6.26 Å². The number of carbonyl (C=O) groups is 1. The molecule has 0 saturated carbocycles. The van der Waals surface area contributed by atoms with Crippen LogP contribution in [0.5, 0.6) is 0 Å². The lowest BCUT2D eigenvalue weighted by Gasteiger charge is -2.13. The maximum atomic E-state index is 12.2. The molecule has 0 heterocycles. The molecule has 0 aliphatic rings. The molecule has 0 aromatic heterocycles. The molecule has 24 heavy (non-hydrogen) atoms. The number of sulfone groups is 1. The first kappa shape index (κ1) is 18.2. The van der Waals surface area contributed by atoms with Gasteiger partial charge in [-0.25, -0.2) is 8.42 Å². The van der Waals surface area contributed by atoms with Crippen molar-refractivity contribution >= 4 is 15.7 Å². The molecule has 0 bridgehead atoms. The maximum absolute atomic E-state index is 12.2. The Morgan fingerprint density at radius 2 is 1.75 bits per heavy atom. The van der Waals surface area contributed by atoms with E-state index >= 15 is 0 Å². The zero-order valence-corrected chi connectivity index (χ0v) is 14.6. The van der Waals surface area contributed by atoms with E-state index < -0.39 is 15.9 Å². The van der Waals surface area contributed by atoms with Gasteiger partial charge in [0.25, 0.3) is 0 Å². The molecule has 0 saturated heterocycles. The number of aryl methyl sites for hydroxylation is 1. The van der Waals surface area contributed by atoms with E-state index in [0.29, 0.717) is 12.1 Å². The van der Waals surface area contributed by atoms with Gasteiger partial charge in [0, 0.05) is 12.8 Å². The first-order valence-corrected chi connectivity index (χ1v) is 9.66. The molecule has 2 aromatic carbocycles. The number of hydrogen-bond acceptors (Lipinski definition) is 4. The molecule has 1 atom stereocenters. The van der Waals surface area contributed by atoms with E-state index in [1.807, 2.05) is 37.3 Å². The number of carbonyl (C=O) groups excluding carboxylic acids is 1. The van der Waals surface area contributed by atoms with Gasteiger partial charge in [-0.15, -0.1) is 0 Å². The van der Waals surface area contributed by atoms with Crippen LogP contribution in [0.1, 0.15) is 28.3 Å². The third-order valence-electron chi connectivity index (χ3n) is 3.61. The van der Waals surface area contributed by atoms with Crippen LogP contribution in [-0.4, -0.2) is 20.6 Å².